The Bertz CT molecular complexity index is 942. The third-order valence-electron chi connectivity index (χ3n) is 5.03. The summed E-state index contributed by atoms with van der Waals surface area (Å²) in [6.45, 7) is 6.65. The molecule has 0 saturated carbocycles. The lowest BCUT2D eigenvalue weighted by Crippen LogP contribution is -2.35. The zero-order chi connectivity index (χ0) is 21.7. The van der Waals surface area contributed by atoms with Gasteiger partial charge in [-0.1, -0.05) is 15.9 Å². The lowest BCUT2D eigenvalue weighted by Gasteiger charge is -2.21. The van der Waals surface area contributed by atoms with Gasteiger partial charge in [-0.25, -0.2) is 4.79 Å². The fourth-order valence-corrected chi connectivity index (χ4v) is 3.79. The van der Waals surface area contributed by atoms with Crippen LogP contribution in [-0.2, 0) is 0 Å². The number of benzene rings is 2. The van der Waals surface area contributed by atoms with Crippen LogP contribution in [0.1, 0.15) is 41.0 Å². The van der Waals surface area contributed by atoms with Crippen molar-refractivity contribution in [2.75, 3.05) is 36.4 Å². The fraction of sp³-hybridized carbons (Fsp3) is 0.318. The molecule has 2 N–H and O–H groups in total. The maximum Gasteiger partial charge on any atom is 0.319 e. The molecule has 0 bridgehead atoms. The molecule has 0 unspecified atom stereocenters. The van der Waals surface area contributed by atoms with Gasteiger partial charge in [-0.2, -0.15) is 0 Å². The minimum atomic E-state index is -0.322. The molecule has 1 heterocycles. The molecule has 1 aliphatic rings. The number of hydrogen-bond acceptors (Lipinski definition) is 4. The Morgan fingerprint density at radius 2 is 1.67 bits per heavy atom. The highest BCUT2D eigenvalue weighted by atomic mass is 79.9. The first-order valence-electron chi connectivity index (χ1n) is 10.00. The molecule has 0 saturated heterocycles. The smallest absolute Gasteiger partial charge is 0.319 e. The van der Waals surface area contributed by atoms with Crippen molar-refractivity contribution in [3.63, 3.8) is 0 Å². The summed E-state index contributed by atoms with van der Waals surface area (Å²) < 4.78 is 0.757. The van der Waals surface area contributed by atoms with E-state index >= 15 is 0 Å². The molecule has 2 aromatic carbocycles. The summed E-state index contributed by atoms with van der Waals surface area (Å²) in [6.07, 6.45) is 0.473. The van der Waals surface area contributed by atoms with Crippen LogP contribution >= 0.6 is 15.9 Å². The molecule has 30 heavy (non-hydrogen) atoms. The topological polar surface area (TPSA) is 81.8 Å². The van der Waals surface area contributed by atoms with E-state index in [0.717, 1.165) is 23.2 Å². The third-order valence-corrected chi connectivity index (χ3v) is 5.52. The van der Waals surface area contributed by atoms with Gasteiger partial charge in [-0.05, 0) is 62.7 Å². The molecule has 158 valence electrons. The van der Waals surface area contributed by atoms with Crippen LogP contribution in [0.15, 0.2) is 46.9 Å². The molecule has 7 nitrogen and oxygen atoms in total. The van der Waals surface area contributed by atoms with Gasteiger partial charge in [0.1, 0.15) is 0 Å². The first kappa shape index (κ1) is 21.8. The number of rotatable bonds is 8. The molecular weight excluding hydrogens is 448 g/mol. The molecule has 0 aromatic heterocycles. The summed E-state index contributed by atoms with van der Waals surface area (Å²) in [5.74, 6) is -0.589. The highest BCUT2D eigenvalue weighted by Gasteiger charge is 2.34. The van der Waals surface area contributed by atoms with Crippen LogP contribution in [-0.4, -0.2) is 48.9 Å². The number of halogens is 1. The second kappa shape index (κ2) is 9.75. The van der Waals surface area contributed by atoms with Crippen molar-refractivity contribution in [2.45, 2.75) is 20.3 Å². The van der Waals surface area contributed by atoms with Crippen LogP contribution in [0.5, 0.6) is 0 Å². The maximum atomic E-state index is 12.4. The highest BCUT2D eigenvalue weighted by Crippen LogP contribution is 2.26. The standard InChI is InChI=1S/C22H25BrN4O3/c1-3-26(4-2)17-9-7-16(8-10-17)25-22(30)24-12-5-13-27-20(28)18-11-6-15(23)14-19(18)21(27)29/h6-11,14H,3-5,12-13H2,1-2H3,(H2,24,25,30). The van der Waals surface area contributed by atoms with E-state index in [2.05, 4.69) is 45.3 Å². The van der Waals surface area contributed by atoms with Gasteiger partial charge >= 0.3 is 6.03 Å². The van der Waals surface area contributed by atoms with E-state index in [1.807, 2.05) is 24.3 Å². The van der Waals surface area contributed by atoms with Gasteiger partial charge in [0.2, 0.25) is 0 Å². The van der Waals surface area contributed by atoms with Gasteiger partial charge in [0.05, 0.1) is 11.1 Å². The van der Waals surface area contributed by atoms with Crippen molar-refractivity contribution in [1.82, 2.24) is 10.2 Å². The number of amides is 4. The zero-order valence-corrected chi connectivity index (χ0v) is 18.7. The van der Waals surface area contributed by atoms with Crippen LogP contribution in [0, 0.1) is 0 Å². The summed E-state index contributed by atoms with van der Waals surface area (Å²) in [6, 6.07) is 12.4. The molecular formula is C22H25BrN4O3. The molecule has 0 atom stereocenters. The predicted molar refractivity (Wildman–Crippen MR) is 121 cm³/mol. The number of imide groups is 1. The number of urea groups is 1. The lowest BCUT2D eigenvalue weighted by atomic mass is 10.1. The summed E-state index contributed by atoms with van der Waals surface area (Å²) in [7, 11) is 0. The van der Waals surface area contributed by atoms with E-state index in [9.17, 15) is 14.4 Å². The summed E-state index contributed by atoms with van der Waals surface area (Å²) in [4.78, 5) is 40.4. The fourth-order valence-electron chi connectivity index (χ4n) is 3.42. The average Bonchev–Trinajstić information content (AvgIpc) is 2.97. The largest absolute Gasteiger partial charge is 0.372 e. The quantitative estimate of drug-likeness (QED) is 0.447. The number of carbonyl (C=O) groups is 3. The second-order valence-electron chi connectivity index (χ2n) is 6.91. The monoisotopic (exact) mass is 472 g/mol. The summed E-state index contributed by atoms with van der Waals surface area (Å²) in [5, 5.41) is 5.55. The number of carbonyl (C=O) groups excluding carboxylic acids is 3. The van der Waals surface area contributed by atoms with Gasteiger partial charge in [0, 0.05) is 42.0 Å². The Hall–Kier alpha value is -2.87. The first-order chi connectivity index (χ1) is 14.4. The third kappa shape index (κ3) is 4.81. The molecule has 8 heteroatoms. The van der Waals surface area contributed by atoms with Gasteiger partial charge in [-0.15, -0.1) is 0 Å². The first-order valence-corrected chi connectivity index (χ1v) is 10.8. The Kier molecular flexibility index (Phi) is 7.10. The molecule has 4 amide bonds. The molecule has 0 spiro atoms. The SMILES string of the molecule is CCN(CC)c1ccc(NC(=O)NCCCN2C(=O)c3ccc(Br)cc3C2=O)cc1. The number of nitrogens with zero attached hydrogens (tertiary/aromatic N) is 2. The second-order valence-corrected chi connectivity index (χ2v) is 7.82. The van der Waals surface area contributed by atoms with E-state index in [1.54, 1.807) is 18.2 Å². The number of fused-ring (bicyclic) bond motifs is 1. The van der Waals surface area contributed by atoms with Crippen molar-refractivity contribution in [2.24, 2.45) is 0 Å². The van der Waals surface area contributed by atoms with Crippen LogP contribution in [0.25, 0.3) is 0 Å². The molecule has 0 radical (unpaired) electrons. The Labute approximate surface area is 184 Å². The normalized spacial score (nSPS) is 12.7. The minimum absolute atomic E-state index is 0.253. The minimum Gasteiger partial charge on any atom is -0.372 e. The summed E-state index contributed by atoms with van der Waals surface area (Å²) >= 11 is 3.32. The molecule has 1 aliphatic heterocycles. The van der Waals surface area contributed by atoms with Crippen LogP contribution in [0.3, 0.4) is 0 Å². The Morgan fingerprint density at radius 3 is 2.33 bits per heavy atom. The molecule has 3 rings (SSSR count). The van der Waals surface area contributed by atoms with E-state index in [1.165, 1.54) is 4.90 Å². The molecule has 0 fully saturated rings. The lowest BCUT2D eigenvalue weighted by molar-refractivity contribution is 0.0653. The van der Waals surface area contributed by atoms with Gasteiger partial charge in [-0.3, -0.25) is 14.5 Å². The van der Waals surface area contributed by atoms with Gasteiger partial charge < -0.3 is 15.5 Å². The number of hydrogen-bond donors (Lipinski definition) is 2. The zero-order valence-electron chi connectivity index (χ0n) is 17.1. The van der Waals surface area contributed by atoms with Crippen molar-refractivity contribution in [1.29, 1.82) is 0 Å². The number of anilines is 2. The van der Waals surface area contributed by atoms with Crippen molar-refractivity contribution in [3.8, 4) is 0 Å². The van der Waals surface area contributed by atoms with Crippen molar-refractivity contribution < 1.29 is 14.4 Å². The van der Waals surface area contributed by atoms with Gasteiger partial charge in [0.25, 0.3) is 11.8 Å². The number of nitrogens with one attached hydrogen (secondary N) is 2. The van der Waals surface area contributed by atoms with E-state index in [4.69, 9.17) is 0 Å². The van der Waals surface area contributed by atoms with Crippen molar-refractivity contribution >= 4 is 45.2 Å². The molecule has 0 aliphatic carbocycles. The predicted octanol–water partition coefficient (Wildman–Crippen LogP) is 4.10. The van der Waals surface area contributed by atoms with Crippen LogP contribution < -0.4 is 15.5 Å². The van der Waals surface area contributed by atoms with E-state index in [-0.39, 0.29) is 24.4 Å². The maximum absolute atomic E-state index is 12.4. The average molecular weight is 473 g/mol. The van der Waals surface area contributed by atoms with Crippen molar-refractivity contribution in [3.05, 3.63) is 58.1 Å². The molecule has 2 aromatic rings. The van der Waals surface area contributed by atoms with E-state index < -0.39 is 0 Å². The van der Waals surface area contributed by atoms with Gasteiger partial charge in [0.15, 0.2) is 0 Å². The Morgan fingerprint density at radius 1 is 1.00 bits per heavy atom. The summed E-state index contributed by atoms with van der Waals surface area (Å²) in [5.41, 5.74) is 2.64. The van der Waals surface area contributed by atoms with E-state index in [0.29, 0.717) is 29.8 Å². The van der Waals surface area contributed by atoms with Crippen LogP contribution in [0.4, 0.5) is 16.2 Å². The van der Waals surface area contributed by atoms with Crippen LogP contribution in [0.2, 0.25) is 0 Å². The Balaban J connectivity index is 1.44. The highest BCUT2D eigenvalue weighted by molar-refractivity contribution is 9.10.